The maximum absolute atomic E-state index is 13.3. The summed E-state index contributed by atoms with van der Waals surface area (Å²) in [4.78, 5) is 17.9. The van der Waals surface area contributed by atoms with E-state index in [0.29, 0.717) is 24.3 Å². The minimum absolute atomic E-state index is 0.0844. The lowest BCUT2D eigenvalue weighted by molar-refractivity contribution is -0.136. The van der Waals surface area contributed by atoms with Gasteiger partial charge >= 0.3 is 0 Å². The number of benzene rings is 1. The van der Waals surface area contributed by atoms with Crippen molar-refractivity contribution in [3.63, 3.8) is 0 Å². The smallest absolute Gasteiger partial charge is 0.244 e. The van der Waals surface area contributed by atoms with Crippen LogP contribution in [0.1, 0.15) is 30.0 Å². The lowest BCUT2D eigenvalue weighted by Crippen LogP contribution is -2.61. The maximum Gasteiger partial charge on any atom is 0.244 e. The first-order valence-electron chi connectivity index (χ1n) is 10.1. The van der Waals surface area contributed by atoms with Gasteiger partial charge in [0.2, 0.25) is 5.91 Å². The van der Waals surface area contributed by atoms with Crippen LogP contribution >= 0.6 is 0 Å². The number of aryl methyl sites for hydroxylation is 1. The Bertz CT molecular complexity index is 902. The van der Waals surface area contributed by atoms with Gasteiger partial charge in [-0.3, -0.25) is 9.69 Å². The fraction of sp³-hybridized carbons (Fsp3) is 0.524. The number of phenols is 1. The number of hydrogen-bond donors (Lipinski definition) is 2. The Morgan fingerprint density at radius 1 is 1.25 bits per heavy atom. The summed E-state index contributed by atoms with van der Waals surface area (Å²) in [5, 5.41) is 14.3. The zero-order valence-electron chi connectivity index (χ0n) is 16.2. The summed E-state index contributed by atoms with van der Waals surface area (Å²) < 4.78 is 1.61. The number of aromatic nitrogens is 2. The number of aromatic hydroxyl groups is 1. The van der Waals surface area contributed by atoms with Crippen LogP contribution in [0.3, 0.4) is 0 Å². The molecule has 1 aromatic carbocycles. The van der Waals surface area contributed by atoms with Crippen LogP contribution in [0.25, 0.3) is 0 Å². The van der Waals surface area contributed by atoms with Gasteiger partial charge in [0.15, 0.2) is 0 Å². The Kier molecular flexibility index (Phi) is 4.08. The van der Waals surface area contributed by atoms with Crippen molar-refractivity contribution in [1.82, 2.24) is 19.6 Å². The molecule has 6 rings (SSSR count). The molecule has 4 saturated heterocycles. The highest BCUT2D eigenvalue weighted by atomic mass is 16.3. The molecule has 2 aromatic rings. The second-order valence-corrected chi connectivity index (χ2v) is 8.47. The molecule has 1 amide bonds. The number of phenolic OH excluding ortho intramolecular Hbond substituents is 1. The molecular weight excluding hydrogens is 354 g/mol. The summed E-state index contributed by atoms with van der Waals surface area (Å²) in [5.41, 5.74) is 7.95. The lowest BCUT2D eigenvalue weighted by Gasteiger charge is -2.51. The zero-order valence-corrected chi connectivity index (χ0v) is 16.2. The van der Waals surface area contributed by atoms with Crippen molar-refractivity contribution < 1.29 is 9.90 Å². The van der Waals surface area contributed by atoms with E-state index >= 15 is 0 Å². The van der Waals surface area contributed by atoms with Crippen LogP contribution in [0.2, 0.25) is 0 Å². The number of nitrogens with zero attached hydrogens (tertiary/aromatic N) is 4. The van der Waals surface area contributed by atoms with Gasteiger partial charge in [-0.1, -0.05) is 12.1 Å². The fourth-order valence-electron chi connectivity index (χ4n) is 5.66. The number of rotatable bonds is 3. The fourth-order valence-corrected chi connectivity index (χ4v) is 5.66. The highest BCUT2D eigenvalue weighted by molar-refractivity contribution is 5.77. The second kappa shape index (κ2) is 6.51. The minimum atomic E-state index is 0.0844. The van der Waals surface area contributed by atoms with E-state index < -0.39 is 0 Å². The van der Waals surface area contributed by atoms with Gasteiger partial charge < -0.3 is 15.7 Å². The van der Waals surface area contributed by atoms with E-state index in [2.05, 4.69) is 21.0 Å². The van der Waals surface area contributed by atoms with Crippen LogP contribution in [0.4, 0.5) is 5.82 Å². The first kappa shape index (κ1) is 17.6. The van der Waals surface area contributed by atoms with Gasteiger partial charge in [-0.05, 0) is 56.5 Å². The van der Waals surface area contributed by atoms with Crippen LogP contribution in [0.15, 0.2) is 30.3 Å². The average Bonchev–Trinajstić information content (AvgIpc) is 3.24. The van der Waals surface area contributed by atoms with E-state index in [1.54, 1.807) is 16.8 Å². The lowest BCUT2D eigenvalue weighted by atomic mass is 9.75. The summed E-state index contributed by atoms with van der Waals surface area (Å²) in [6.45, 7) is 4.96. The van der Waals surface area contributed by atoms with Crippen molar-refractivity contribution >= 4 is 11.7 Å². The number of amides is 1. The molecule has 4 aliphatic heterocycles. The van der Waals surface area contributed by atoms with Gasteiger partial charge in [0.05, 0.1) is 11.7 Å². The normalized spacial score (nSPS) is 31.2. The number of likely N-dealkylation sites (tertiary alicyclic amines) is 1. The highest BCUT2D eigenvalue weighted by Gasteiger charge is 2.54. The molecule has 148 valence electrons. The largest absolute Gasteiger partial charge is 0.508 e. The molecule has 0 radical (unpaired) electrons. The molecular formula is C21H27N5O2. The number of anilines is 1. The van der Waals surface area contributed by atoms with Gasteiger partial charge in [-0.2, -0.15) is 5.10 Å². The van der Waals surface area contributed by atoms with E-state index in [4.69, 9.17) is 5.73 Å². The molecule has 0 spiro atoms. The predicted molar refractivity (Wildman–Crippen MR) is 106 cm³/mol. The summed E-state index contributed by atoms with van der Waals surface area (Å²) in [5.74, 6) is 1.68. The number of hydrogen-bond acceptors (Lipinski definition) is 5. The van der Waals surface area contributed by atoms with E-state index in [1.807, 2.05) is 19.1 Å². The number of nitrogen functional groups attached to an aromatic ring is 1. The molecule has 0 aliphatic carbocycles. The van der Waals surface area contributed by atoms with Crippen LogP contribution in [0.5, 0.6) is 5.75 Å². The number of nitrogens with two attached hydrogens (primary N) is 1. The Hall–Kier alpha value is -2.54. The molecule has 7 nitrogen and oxygen atoms in total. The van der Waals surface area contributed by atoms with E-state index in [1.165, 1.54) is 0 Å². The molecule has 7 heteroatoms. The average molecular weight is 381 g/mol. The van der Waals surface area contributed by atoms with Crippen molar-refractivity contribution in [3.8, 4) is 5.75 Å². The van der Waals surface area contributed by atoms with Crippen LogP contribution in [-0.4, -0.2) is 62.3 Å². The van der Waals surface area contributed by atoms with Gasteiger partial charge in [-0.25, -0.2) is 4.68 Å². The third kappa shape index (κ3) is 2.76. The van der Waals surface area contributed by atoms with Crippen molar-refractivity contribution in [2.24, 2.45) is 5.92 Å². The topological polar surface area (TPSA) is 87.6 Å². The molecule has 2 bridgehead atoms. The van der Waals surface area contributed by atoms with Gasteiger partial charge in [0.25, 0.3) is 0 Å². The van der Waals surface area contributed by atoms with Crippen molar-refractivity contribution in [2.45, 2.75) is 44.3 Å². The third-order valence-corrected chi connectivity index (χ3v) is 6.83. The monoisotopic (exact) mass is 381 g/mol. The first-order valence-corrected chi connectivity index (χ1v) is 10.1. The van der Waals surface area contributed by atoms with E-state index in [0.717, 1.165) is 37.2 Å². The molecule has 5 heterocycles. The van der Waals surface area contributed by atoms with E-state index in [-0.39, 0.29) is 30.2 Å². The quantitative estimate of drug-likeness (QED) is 0.843. The number of fused-ring (bicyclic) bond motifs is 2. The van der Waals surface area contributed by atoms with Crippen molar-refractivity contribution in [3.05, 3.63) is 41.6 Å². The molecule has 28 heavy (non-hydrogen) atoms. The van der Waals surface area contributed by atoms with Crippen LogP contribution in [-0.2, 0) is 11.3 Å². The molecule has 3 atom stereocenters. The highest BCUT2D eigenvalue weighted by Crippen LogP contribution is 2.46. The summed E-state index contributed by atoms with van der Waals surface area (Å²) in [6.07, 6.45) is 2.31. The van der Waals surface area contributed by atoms with Gasteiger partial charge in [0.1, 0.15) is 18.1 Å². The second-order valence-electron chi connectivity index (χ2n) is 8.47. The standard InChI is InChI=1S/C21H27N5O2/c1-13-9-18(22)26(23-13)12-19(28)25-11-17(15-3-2-4-16(27)10-15)21-20(25)14-5-7-24(21)8-6-14/h2-4,9-10,14,17,20-21,27H,5-8,11-12,22H2,1H3/t17-,20+,21+/m0/s1. The third-order valence-electron chi connectivity index (χ3n) is 6.83. The molecule has 1 aromatic heterocycles. The summed E-state index contributed by atoms with van der Waals surface area (Å²) in [6, 6.07) is 9.89. The molecule has 3 N–H and O–H groups in total. The molecule has 4 aliphatic rings. The number of carbonyl (C=O) groups excluding carboxylic acids is 1. The van der Waals surface area contributed by atoms with Crippen molar-refractivity contribution in [2.75, 3.05) is 25.4 Å². The molecule has 0 saturated carbocycles. The Balaban J connectivity index is 1.46. The van der Waals surface area contributed by atoms with Gasteiger partial charge in [-0.15, -0.1) is 0 Å². The number of carbonyl (C=O) groups is 1. The molecule has 4 fully saturated rings. The minimum Gasteiger partial charge on any atom is -0.508 e. The summed E-state index contributed by atoms with van der Waals surface area (Å²) in [7, 11) is 0. The maximum atomic E-state index is 13.3. The SMILES string of the molecule is Cc1cc(N)n(CC(=O)N2C[C@@H](c3cccc(O)c3)[C@@H]3[C@H]2C2CCN3CC2)n1. The Morgan fingerprint density at radius 3 is 2.71 bits per heavy atom. The predicted octanol–water partition coefficient (Wildman–Crippen LogP) is 1.57. The Morgan fingerprint density at radius 2 is 2.04 bits per heavy atom. The summed E-state index contributed by atoms with van der Waals surface area (Å²) >= 11 is 0. The first-order chi connectivity index (χ1) is 13.5. The van der Waals surface area contributed by atoms with Gasteiger partial charge in [0, 0.05) is 24.6 Å². The Labute approximate surface area is 164 Å². The molecule has 0 unspecified atom stereocenters. The number of piperidine rings is 3. The van der Waals surface area contributed by atoms with Crippen molar-refractivity contribution in [1.29, 1.82) is 0 Å². The van der Waals surface area contributed by atoms with E-state index in [9.17, 15) is 9.90 Å². The van der Waals surface area contributed by atoms with Crippen LogP contribution < -0.4 is 5.73 Å². The van der Waals surface area contributed by atoms with Crippen LogP contribution in [0, 0.1) is 12.8 Å². The zero-order chi connectivity index (χ0) is 19.4.